The van der Waals surface area contributed by atoms with Gasteiger partial charge in [0, 0.05) is 30.9 Å². The third kappa shape index (κ3) is 4.86. The van der Waals surface area contributed by atoms with Crippen molar-refractivity contribution in [1.29, 1.82) is 0 Å². The molecule has 0 radical (unpaired) electrons. The van der Waals surface area contributed by atoms with Crippen LogP contribution < -0.4 is 4.74 Å². The Morgan fingerprint density at radius 3 is 2.34 bits per heavy atom. The number of sulfonamides is 1. The Bertz CT molecular complexity index is 1030. The molecule has 154 valence electrons. The molecule has 1 aromatic heterocycles. The molecule has 0 amide bonds. The van der Waals surface area contributed by atoms with E-state index in [1.807, 2.05) is 48.9 Å². The number of benzene rings is 2. The lowest BCUT2D eigenvalue weighted by Crippen LogP contribution is -2.32. The molecule has 0 aliphatic heterocycles. The first-order valence-corrected chi connectivity index (χ1v) is 11.1. The monoisotopic (exact) mass is 413 g/mol. The lowest BCUT2D eigenvalue weighted by molar-refractivity contribution is 0.406. The SMILES string of the molecule is CCn1ncc(CN(CCc2ccccc2)S(=O)(=O)c2ccc(OC)cc2)c1C. The topological polar surface area (TPSA) is 64.4 Å². The number of ether oxygens (including phenoxy) is 1. The third-order valence-electron chi connectivity index (χ3n) is 5.04. The van der Waals surface area contributed by atoms with Crippen LogP contribution in [0.15, 0.2) is 65.7 Å². The Kier molecular flexibility index (Phi) is 6.71. The number of methoxy groups -OCH3 is 1. The van der Waals surface area contributed by atoms with Crippen molar-refractivity contribution in [2.24, 2.45) is 0 Å². The van der Waals surface area contributed by atoms with Crippen molar-refractivity contribution in [2.45, 2.75) is 38.3 Å². The van der Waals surface area contributed by atoms with Gasteiger partial charge < -0.3 is 4.74 Å². The van der Waals surface area contributed by atoms with Crippen LogP contribution in [0.2, 0.25) is 0 Å². The molecule has 0 saturated carbocycles. The minimum absolute atomic E-state index is 0.256. The van der Waals surface area contributed by atoms with Crippen molar-refractivity contribution in [3.05, 3.63) is 77.6 Å². The Balaban J connectivity index is 1.90. The molecular formula is C22H27N3O3S. The minimum atomic E-state index is -3.67. The first-order valence-electron chi connectivity index (χ1n) is 9.65. The smallest absolute Gasteiger partial charge is 0.243 e. The van der Waals surface area contributed by atoms with E-state index in [0.717, 1.165) is 23.4 Å². The fraction of sp³-hybridized carbons (Fsp3) is 0.318. The van der Waals surface area contributed by atoms with E-state index in [0.29, 0.717) is 18.7 Å². The first-order chi connectivity index (χ1) is 14.0. The second-order valence-electron chi connectivity index (χ2n) is 6.82. The molecule has 2 aromatic carbocycles. The van der Waals surface area contributed by atoms with Crippen molar-refractivity contribution in [3.8, 4) is 5.75 Å². The van der Waals surface area contributed by atoms with Crippen molar-refractivity contribution in [1.82, 2.24) is 14.1 Å². The second-order valence-corrected chi connectivity index (χ2v) is 8.76. The summed E-state index contributed by atoms with van der Waals surface area (Å²) in [6, 6.07) is 16.4. The van der Waals surface area contributed by atoms with Crippen molar-refractivity contribution < 1.29 is 13.2 Å². The predicted octanol–water partition coefficient (Wildman–Crippen LogP) is 3.65. The summed E-state index contributed by atoms with van der Waals surface area (Å²) < 4.78 is 35.4. The standard InChI is InChI=1S/C22H27N3O3S/c1-4-25-18(2)20(16-23-25)17-24(15-14-19-8-6-5-7-9-19)29(26,27)22-12-10-21(28-3)11-13-22/h5-13,16H,4,14-15,17H2,1-3H3. The average molecular weight is 414 g/mol. The molecule has 7 heteroatoms. The maximum atomic E-state index is 13.4. The van der Waals surface area contributed by atoms with Gasteiger partial charge in [-0.05, 0) is 50.1 Å². The van der Waals surface area contributed by atoms with E-state index in [1.165, 1.54) is 4.31 Å². The van der Waals surface area contributed by atoms with Crippen LogP contribution in [0.4, 0.5) is 0 Å². The van der Waals surface area contributed by atoms with Crippen LogP contribution in [0.5, 0.6) is 5.75 Å². The van der Waals surface area contributed by atoms with Gasteiger partial charge in [0.2, 0.25) is 10.0 Å². The molecule has 0 atom stereocenters. The first kappa shape index (κ1) is 21.1. The number of hydrogen-bond acceptors (Lipinski definition) is 4. The molecule has 1 heterocycles. The molecule has 0 spiro atoms. The molecule has 0 aliphatic carbocycles. The zero-order valence-electron chi connectivity index (χ0n) is 17.1. The highest BCUT2D eigenvalue weighted by molar-refractivity contribution is 7.89. The van der Waals surface area contributed by atoms with Gasteiger partial charge in [-0.25, -0.2) is 8.42 Å². The number of aryl methyl sites for hydroxylation is 1. The van der Waals surface area contributed by atoms with Gasteiger partial charge >= 0.3 is 0 Å². The molecule has 0 saturated heterocycles. The molecule has 0 N–H and O–H groups in total. The summed E-state index contributed by atoms with van der Waals surface area (Å²) in [5, 5.41) is 4.36. The van der Waals surface area contributed by atoms with Crippen molar-refractivity contribution in [2.75, 3.05) is 13.7 Å². The summed E-state index contributed by atoms with van der Waals surface area (Å²) in [5.74, 6) is 0.625. The highest BCUT2D eigenvalue weighted by atomic mass is 32.2. The molecule has 3 aromatic rings. The van der Waals surface area contributed by atoms with Gasteiger partial charge in [-0.2, -0.15) is 9.40 Å². The second kappa shape index (κ2) is 9.24. The van der Waals surface area contributed by atoms with E-state index in [1.54, 1.807) is 37.6 Å². The number of aromatic nitrogens is 2. The third-order valence-corrected chi connectivity index (χ3v) is 6.90. The molecule has 29 heavy (non-hydrogen) atoms. The summed E-state index contributed by atoms with van der Waals surface area (Å²) in [5.41, 5.74) is 3.00. The predicted molar refractivity (Wildman–Crippen MR) is 113 cm³/mol. The van der Waals surface area contributed by atoms with E-state index in [4.69, 9.17) is 4.74 Å². The summed E-state index contributed by atoms with van der Waals surface area (Å²) in [6.07, 6.45) is 2.40. The largest absolute Gasteiger partial charge is 0.497 e. The van der Waals surface area contributed by atoms with Gasteiger partial charge in [0.05, 0.1) is 18.2 Å². The van der Waals surface area contributed by atoms with Crippen LogP contribution >= 0.6 is 0 Å². The highest BCUT2D eigenvalue weighted by Crippen LogP contribution is 2.22. The summed E-state index contributed by atoms with van der Waals surface area (Å²) in [6.45, 7) is 5.41. The van der Waals surface area contributed by atoms with E-state index in [9.17, 15) is 8.42 Å². The Morgan fingerprint density at radius 1 is 1.07 bits per heavy atom. The minimum Gasteiger partial charge on any atom is -0.497 e. The lowest BCUT2D eigenvalue weighted by atomic mass is 10.1. The summed E-state index contributed by atoms with van der Waals surface area (Å²) in [7, 11) is -2.11. The normalized spacial score (nSPS) is 11.7. The highest BCUT2D eigenvalue weighted by Gasteiger charge is 2.26. The van der Waals surface area contributed by atoms with E-state index >= 15 is 0 Å². The Hall–Kier alpha value is -2.64. The maximum Gasteiger partial charge on any atom is 0.243 e. The molecule has 0 fully saturated rings. The van der Waals surface area contributed by atoms with Crippen LogP contribution in [-0.2, 0) is 29.5 Å². The van der Waals surface area contributed by atoms with E-state index in [2.05, 4.69) is 5.10 Å². The summed E-state index contributed by atoms with van der Waals surface area (Å²) >= 11 is 0. The fourth-order valence-corrected chi connectivity index (χ4v) is 4.65. The quantitative estimate of drug-likeness (QED) is 0.537. The maximum absolute atomic E-state index is 13.4. The van der Waals surface area contributed by atoms with Crippen LogP contribution in [0.3, 0.4) is 0 Å². The van der Waals surface area contributed by atoms with Crippen LogP contribution in [0.1, 0.15) is 23.7 Å². The molecule has 0 aliphatic rings. The van der Waals surface area contributed by atoms with Crippen LogP contribution in [-0.4, -0.2) is 36.2 Å². The number of rotatable bonds is 9. The van der Waals surface area contributed by atoms with Gasteiger partial charge in [-0.15, -0.1) is 0 Å². The van der Waals surface area contributed by atoms with Gasteiger partial charge in [-0.3, -0.25) is 4.68 Å². The molecule has 6 nitrogen and oxygen atoms in total. The van der Waals surface area contributed by atoms with Crippen molar-refractivity contribution >= 4 is 10.0 Å². The summed E-state index contributed by atoms with van der Waals surface area (Å²) in [4.78, 5) is 0.256. The average Bonchev–Trinajstić information content (AvgIpc) is 3.11. The van der Waals surface area contributed by atoms with Gasteiger partial charge in [-0.1, -0.05) is 30.3 Å². The number of nitrogens with zero attached hydrogens (tertiary/aromatic N) is 3. The van der Waals surface area contributed by atoms with Crippen LogP contribution in [0.25, 0.3) is 0 Å². The Labute approximate surface area is 172 Å². The fourth-order valence-electron chi connectivity index (χ4n) is 3.23. The lowest BCUT2D eigenvalue weighted by Gasteiger charge is -2.22. The number of hydrogen-bond donors (Lipinski definition) is 0. The zero-order valence-corrected chi connectivity index (χ0v) is 17.9. The zero-order chi connectivity index (χ0) is 20.9. The molecule has 0 unspecified atom stereocenters. The molecule has 0 bridgehead atoms. The van der Waals surface area contributed by atoms with E-state index in [-0.39, 0.29) is 11.4 Å². The van der Waals surface area contributed by atoms with Gasteiger partial charge in [0.15, 0.2) is 0 Å². The molecule has 3 rings (SSSR count). The molecular weight excluding hydrogens is 386 g/mol. The Morgan fingerprint density at radius 2 is 1.76 bits per heavy atom. The van der Waals surface area contributed by atoms with Crippen molar-refractivity contribution in [3.63, 3.8) is 0 Å². The van der Waals surface area contributed by atoms with Crippen LogP contribution in [0, 0.1) is 6.92 Å². The van der Waals surface area contributed by atoms with E-state index < -0.39 is 10.0 Å². The van der Waals surface area contributed by atoms with Gasteiger partial charge in [0.25, 0.3) is 0 Å². The van der Waals surface area contributed by atoms with Gasteiger partial charge in [0.1, 0.15) is 5.75 Å².